The Balaban J connectivity index is 2.52. The molecule has 1 saturated heterocycles. The van der Waals surface area contributed by atoms with Gasteiger partial charge in [-0.25, -0.2) is 4.79 Å². The average molecular weight is 325 g/mol. The summed E-state index contributed by atoms with van der Waals surface area (Å²) in [7, 11) is 1.68. The molecule has 1 aromatic carbocycles. The van der Waals surface area contributed by atoms with E-state index < -0.39 is 11.5 Å². The van der Waals surface area contributed by atoms with Gasteiger partial charge in [-0.1, -0.05) is 23.7 Å². The van der Waals surface area contributed by atoms with Crippen molar-refractivity contribution in [1.29, 1.82) is 0 Å². The average Bonchev–Trinajstić information content (AvgIpc) is 2.47. The molecule has 3 unspecified atom stereocenters. The van der Waals surface area contributed by atoms with Crippen LogP contribution in [0.25, 0.3) is 0 Å². The van der Waals surface area contributed by atoms with E-state index in [1.54, 1.807) is 31.0 Å². The van der Waals surface area contributed by atoms with Crippen LogP contribution in [0, 0.1) is 5.41 Å². The number of hydrogen-bond acceptors (Lipinski definition) is 3. The van der Waals surface area contributed by atoms with Gasteiger partial charge in [0.2, 0.25) is 0 Å². The van der Waals surface area contributed by atoms with Crippen molar-refractivity contribution in [3.63, 3.8) is 0 Å². The minimum atomic E-state index is -0.896. The molecule has 120 valence electrons. The van der Waals surface area contributed by atoms with E-state index in [0.29, 0.717) is 11.6 Å². The molecule has 0 radical (unpaired) electrons. The molecule has 0 spiro atoms. The number of halogens is 1. The molecule has 2 rings (SSSR count). The number of hydrogen-bond donors (Lipinski definition) is 1. The van der Waals surface area contributed by atoms with Crippen LogP contribution in [-0.2, 0) is 9.53 Å². The Morgan fingerprint density at radius 1 is 1.41 bits per heavy atom. The molecule has 2 amide bonds. The number of ether oxygens (including phenoxy) is 1. The Morgan fingerprint density at radius 2 is 2.00 bits per heavy atom. The van der Waals surface area contributed by atoms with Gasteiger partial charge in [-0.3, -0.25) is 4.79 Å². The second-order valence-corrected chi connectivity index (χ2v) is 6.18. The van der Waals surface area contributed by atoms with Crippen molar-refractivity contribution in [3.8, 4) is 0 Å². The third-order valence-corrected chi connectivity index (χ3v) is 4.67. The third-order valence-electron chi connectivity index (χ3n) is 4.42. The van der Waals surface area contributed by atoms with Gasteiger partial charge in [0.1, 0.15) is 5.41 Å². The quantitative estimate of drug-likeness (QED) is 0.870. The molecule has 1 fully saturated rings. The summed E-state index contributed by atoms with van der Waals surface area (Å²) >= 11 is 5.94. The van der Waals surface area contributed by atoms with Gasteiger partial charge in [-0.15, -0.1) is 0 Å². The van der Waals surface area contributed by atoms with Crippen LogP contribution in [0.1, 0.15) is 32.4 Å². The molecule has 6 heteroatoms. The molecule has 22 heavy (non-hydrogen) atoms. The highest BCUT2D eigenvalue weighted by molar-refractivity contribution is 6.30. The Labute approximate surface area is 135 Å². The summed E-state index contributed by atoms with van der Waals surface area (Å²) in [5.41, 5.74) is -0.0453. The second kappa shape index (κ2) is 6.16. The van der Waals surface area contributed by atoms with E-state index in [1.165, 1.54) is 0 Å². The summed E-state index contributed by atoms with van der Waals surface area (Å²) in [5.74, 6) is -0.325. The zero-order valence-electron chi connectivity index (χ0n) is 13.2. The van der Waals surface area contributed by atoms with Crippen LogP contribution < -0.4 is 5.32 Å². The lowest BCUT2D eigenvalue weighted by Gasteiger charge is -2.49. The van der Waals surface area contributed by atoms with Crippen molar-refractivity contribution in [2.45, 2.75) is 32.9 Å². The number of benzene rings is 1. The van der Waals surface area contributed by atoms with Gasteiger partial charge in [0.25, 0.3) is 0 Å². The fraction of sp³-hybridized carbons (Fsp3) is 0.500. The zero-order valence-corrected chi connectivity index (χ0v) is 14.0. The summed E-state index contributed by atoms with van der Waals surface area (Å²) < 4.78 is 5.27. The van der Waals surface area contributed by atoms with Crippen molar-refractivity contribution < 1.29 is 14.3 Å². The van der Waals surface area contributed by atoms with Crippen LogP contribution in [-0.4, -0.2) is 36.6 Å². The van der Waals surface area contributed by atoms with Crippen LogP contribution in [0.2, 0.25) is 5.02 Å². The second-order valence-electron chi connectivity index (χ2n) is 5.74. The number of nitrogens with one attached hydrogen (secondary N) is 1. The summed E-state index contributed by atoms with van der Waals surface area (Å²) in [6.45, 7) is 5.72. The molecule has 1 aromatic rings. The maximum atomic E-state index is 12.6. The summed E-state index contributed by atoms with van der Waals surface area (Å²) in [4.78, 5) is 26.3. The molecule has 0 aliphatic carbocycles. The maximum absolute atomic E-state index is 12.6. The Kier molecular flexibility index (Phi) is 4.66. The number of carbonyl (C=O) groups is 2. The minimum Gasteiger partial charge on any atom is -0.465 e. The van der Waals surface area contributed by atoms with Crippen LogP contribution in [0.5, 0.6) is 0 Å². The zero-order chi connectivity index (χ0) is 16.5. The molecule has 0 bridgehead atoms. The van der Waals surface area contributed by atoms with Crippen LogP contribution in [0.15, 0.2) is 24.3 Å². The molecule has 3 atom stereocenters. The van der Waals surface area contributed by atoms with E-state index >= 15 is 0 Å². The molecular formula is C16H21ClN2O3. The van der Waals surface area contributed by atoms with Crippen molar-refractivity contribution in [2.24, 2.45) is 5.41 Å². The van der Waals surface area contributed by atoms with Crippen LogP contribution >= 0.6 is 11.6 Å². The SMILES string of the molecule is CCOC(=O)C1(C)C(C)NC(=O)N(C)C1c1ccc(Cl)cc1. The summed E-state index contributed by atoms with van der Waals surface area (Å²) in [6, 6.07) is 6.21. The van der Waals surface area contributed by atoms with E-state index in [0.717, 1.165) is 5.56 Å². The summed E-state index contributed by atoms with van der Waals surface area (Å²) in [6.07, 6.45) is 0. The fourth-order valence-corrected chi connectivity index (χ4v) is 3.11. The smallest absolute Gasteiger partial charge is 0.317 e. The first-order valence-electron chi connectivity index (χ1n) is 7.28. The normalized spacial score (nSPS) is 28.2. The molecular weight excluding hydrogens is 304 g/mol. The van der Waals surface area contributed by atoms with Gasteiger partial charge < -0.3 is 15.0 Å². The molecule has 0 aromatic heterocycles. The van der Waals surface area contributed by atoms with E-state index in [2.05, 4.69) is 5.32 Å². The first-order chi connectivity index (χ1) is 10.3. The predicted octanol–water partition coefficient (Wildman–Crippen LogP) is 2.99. The minimum absolute atomic E-state index is 0.214. The monoisotopic (exact) mass is 324 g/mol. The van der Waals surface area contributed by atoms with E-state index in [9.17, 15) is 9.59 Å². The first-order valence-corrected chi connectivity index (χ1v) is 7.66. The van der Waals surface area contributed by atoms with Crippen molar-refractivity contribution in [2.75, 3.05) is 13.7 Å². The number of esters is 1. The lowest BCUT2D eigenvalue weighted by Crippen LogP contribution is -2.64. The lowest BCUT2D eigenvalue weighted by atomic mass is 9.71. The van der Waals surface area contributed by atoms with Gasteiger partial charge in [0.15, 0.2) is 0 Å². The Hall–Kier alpha value is -1.75. The van der Waals surface area contributed by atoms with Gasteiger partial charge in [-0.05, 0) is 38.5 Å². The van der Waals surface area contributed by atoms with Crippen LogP contribution in [0.3, 0.4) is 0 Å². The first kappa shape index (κ1) is 16.6. The summed E-state index contributed by atoms with van der Waals surface area (Å²) in [5, 5.41) is 3.44. The standard InChI is InChI=1S/C16H21ClN2O3/c1-5-22-14(20)16(3)10(2)18-15(21)19(4)13(16)11-6-8-12(17)9-7-11/h6-10,13H,5H2,1-4H3,(H,18,21). The molecule has 1 aliphatic rings. The van der Waals surface area contributed by atoms with E-state index in [1.807, 2.05) is 26.0 Å². The van der Waals surface area contributed by atoms with E-state index in [4.69, 9.17) is 16.3 Å². The highest BCUT2D eigenvalue weighted by Gasteiger charge is 2.54. The van der Waals surface area contributed by atoms with Gasteiger partial charge in [-0.2, -0.15) is 0 Å². The van der Waals surface area contributed by atoms with Crippen molar-refractivity contribution in [3.05, 3.63) is 34.9 Å². The number of urea groups is 1. The Bertz CT molecular complexity index is 575. The van der Waals surface area contributed by atoms with Gasteiger partial charge in [0.05, 0.1) is 12.6 Å². The van der Waals surface area contributed by atoms with Gasteiger partial charge >= 0.3 is 12.0 Å². The molecule has 5 nitrogen and oxygen atoms in total. The number of amides is 2. The predicted molar refractivity (Wildman–Crippen MR) is 84.7 cm³/mol. The molecule has 1 heterocycles. The number of rotatable bonds is 3. The van der Waals surface area contributed by atoms with Crippen LogP contribution in [0.4, 0.5) is 4.79 Å². The number of carbonyl (C=O) groups excluding carboxylic acids is 2. The largest absolute Gasteiger partial charge is 0.465 e. The van der Waals surface area contributed by atoms with Crippen molar-refractivity contribution in [1.82, 2.24) is 10.2 Å². The molecule has 0 saturated carbocycles. The highest BCUT2D eigenvalue weighted by atomic mass is 35.5. The fourth-order valence-electron chi connectivity index (χ4n) is 2.98. The number of nitrogens with zero attached hydrogens (tertiary/aromatic N) is 1. The highest BCUT2D eigenvalue weighted by Crippen LogP contribution is 2.44. The molecule has 1 N–H and O–H groups in total. The van der Waals surface area contributed by atoms with Crippen molar-refractivity contribution >= 4 is 23.6 Å². The molecule has 1 aliphatic heterocycles. The third kappa shape index (κ3) is 2.65. The maximum Gasteiger partial charge on any atom is 0.317 e. The van der Waals surface area contributed by atoms with Gasteiger partial charge in [0, 0.05) is 18.1 Å². The lowest BCUT2D eigenvalue weighted by molar-refractivity contribution is -0.161. The Morgan fingerprint density at radius 3 is 2.55 bits per heavy atom. The van der Waals surface area contributed by atoms with E-state index in [-0.39, 0.29) is 18.0 Å². The topological polar surface area (TPSA) is 58.6 Å².